The van der Waals surface area contributed by atoms with Crippen LogP contribution < -0.4 is 5.32 Å². The average molecular weight is 401 g/mol. The Morgan fingerprint density at radius 2 is 2.04 bits per heavy atom. The number of anilines is 2. The molecule has 1 amide bonds. The summed E-state index contributed by atoms with van der Waals surface area (Å²) in [6, 6.07) is 8.07. The molecular weight excluding hydrogens is 386 g/mol. The molecule has 3 aromatic rings. The smallest absolute Gasteiger partial charge is 0.245 e. The summed E-state index contributed by atoms with van der Waals surface area (Å²) in [5.41, 5.74) is 1.72. The van der Waals surface area contributed by atoms with Crippen molar-refractivity contribution in [3.05, 3.63) is 71.5 Å². The molecule has 8 heteroatoms. The van der Waals surface area contributed by atoms with Gasteiger partial charge in [-0.15, -0.1) is 0 Å². The number of carbonyl (C=O) groups is 1. The topological polar surface area (TPSA) is 58.1 Å². The molecule has 2 heterocycles. The quantitative estimate of drug-likeness (QED) is 0.520. The lowest BCUT2D eigenvalue weighted by Gasteiger charge is -2.39. The molecule has 0 bridgehead atoms. The lowest BCUT2D eigenvalue weighted by atomic mass is 9.90. The standard InChI is InChI=1S/C20H15ClF2N4O/c1-2-17(28)27-8-12(9-27)11-3-5-15-13(7-11)20(25-10-24-15)26-16-6-4-14(22)18(21)19(16)23/h2-7,10,12H,1,8-9H2,(H,24,25,26). The van der Waals surface area contributed by atoms with Gasteiger partial charge in [0.1, 0.15) is 23.0 Å². The number of likely N-dealkylation sites (tertiary alicyclic amines) is 1. The molecule has 0 spiro atoms. The maximum absolute atomic E-state index is 14.2. The largest absolute Gasteiger partial charge is 0.338 e. The van der Waals surface area contributed by atoms with Crippen molar-refractivity contribution in [3.63, 3.8) is 0 Å². The molecule has 0 saturated carbocycles. The van der Waals surface area contributed by atoms with Crippen molar-refractivity contribution >= 4 is 39.9 Å². The summed E-state index contributed by atoms with van der Waals surface area (Å²) in [5.74, 6) is -1.23. The number of hydrogen-bond acceptors (Lipinski definition) is 4. The zero-order valence-corrected chi connectivity index (χ0v) is 15.4. The SMILES string of the molecule is C=CC(=O)N1CC(c2ccc3ncnc(Nc4ccc(F)c(Cl)c4F)c3c2)C1. The summed E-state index contributed by atoms with van der Waals surface area (Å²) in [6.07, 6.45) is 2.66. The van der Waals surface area contributed by atoms with Crippen LogP contribution in [0.1, 0.15) is 11.5 Å². The van der Waals surface area contributed by atoms with E-state index in [4.69, 9.17) is 11.6 Å². The lowest BCUT2D eigenvalue weighted by Crippen LogP contribution is -2.47. The van der Waals surface area contributed by atoms with E-state index in [9.17, 15) is 13.6 Å². The van der Waals surface area contributed by atoms with Crippen LogP contribution in [0.2, 0.25) is 5.02 Å². The molecule has 1 N–H and O–H groups in total. The van der Waals surface area contributed by atoms with Crippen LogP contribution in [0.4, 0.5) is 20.3 Å². The highest BCUT2D eigenvalue weighted by atomic mass is 35.5. The Balaban J connectivity index is 1.66. The summed E-state index contributed by atoms with van der Waals surface area (Å²) < 4.78 is 27.6. The van der Waals surface area contributed by atoms with Gasteiger partial charge in [-0.2, -0.15) is 0 Å². The molecule has 0 unspecified atom stereocenters. The molecule has 0 aliphatic carbocycles. The van der Waals surface area contributed by atoms with Crippen molar-refractivity contribution in [2.75, 3.05) is 18.4 Å². The van der Waals surface area contributed by atoms with Crippen LogP contribution in [0.15, 0.2) is 49.3 Å². The van der Waals surface area contributed by atoms with Gasteiger partial charge < -0.3 is 10.2 Å². The second-order valence-electron chi connectivity index (χ2n) is 6.49. The van der Waals surface area contributed by atoms with Crippen LogP contribution in [0.3, 0.4) is 0 Å². The van der Waals surface area contributed by atoms with Gasteiger partial charge in [0.25, 0.3) is 0 Å². The van der Waals surface area contributed by atoms with E-state index < -0.39 is 16.7 Å². The minimum atomic E-state index is -0.887. The number of nitrogens with zero attached hydrogens (tertiary/aromatic N) is 3. The molecule has 1 saturated heterocycles. The van der Waals surface area contributed by atoms with Gasteiger partial charge in [-0.25, -0.2) is 18.7 Å². The molecule has 1 aliphatic rings. The molecule has 5 nitrogen and oxygen atoms in total. The van der Waals surface area contributed by atoms with E-state index in [0.29, 0.717) is 29.8 Å². The fraction of sp³-hybridized carbons (Fsp3) is 0.150. The number of benzene rings is 2. The molecule has 1 aliphatic heterocycles. The maximum Gasteiger partial charge on any atom is 0.245 e. The highest BCUT2D eigenvalue weighted by Crippen LogP contribution is 2.33. The molecule has 142 valence electrons. The third-order valence-electron chi connectivity index (χ3n) is 4.79. The van der Waals surface area contributed by atoms with E-state index in [0.717, 1.165) is 11.6 Å². The first-order valence-electron chi connectivity index (χ1n) is 8.54. The molecule has 0 atom stereocenters. The second-order valence-corrected chi connectivity index (χ2v) is 6.87. The molecule has 1 aromatic heterocycles. The summed E-state index contributed by atoms with van der Waals surface area (Å²) >= 11 is 5.65. The van der Waals surface area contributed by atoms with E-state index >= 15 is 0 Å². The third kappa shape index (κ3) is 3.18. The highest BCUT2D eigenvalue weighted by Gasteiger charge is 2.30. The summed E-state index contributed by atoms with van der Waals surface area (Å²) in [7, 11) is 0. The van der Waals surface area contributed by atoms with E-state index in [2.05, 4.69) is 21.9 Å². The minimum Gasteiger partial charge on any atom is -0.338 e. The lowest BCUT2D eigenvalue weighted by molar-refractivity contribution is -0.130. The van der Waals surface area contributed by atoms with Gasteiger partial charge in [0.15, 0.2) is 5.82 Å². The molecular formula is C20H15ClF2N4O. The molecule has 0 radical (unpaired) electrons. The Labute approximate surface area is 164 Å². The average Bonchev–Trinajstić information content (AvgIpc) is 2.67. The van der Waals surface area contributed by atoms with Crippen molar-refractivity contribution in [2.45, 2.75) is 5.92 Å². The zero-order chi connectivity index (χ0) is 19.8. The number of hydrogen-bond donors (Lipinski definition) is 1. The molecule has 1 fully saturated rings. The third-order valence-corrected chi connectivity index (χ3v) is 5.13. The van der Waals surface area contributed by atoms with Crippen LogP contribution in [-0.4, -0.2) is 33.9 Å². The van der Waals surface area contributed by atoms with Crippen LogP contribution in [-0.2, 0) is 4.79 Å². The van der Waals surface area contributed by atoms with E-state index in [1.807, 2.05) is 18.2 Å². The van der Waals surface area contributed by atoms with Crippen molar-refractivity contribution in [3.8, 4) is 0 Å². The Hall–Kier alpha value is -3.06. The fourth-order valence-corrected chi connectivity index (χ4v) is 3.34. The number of rotatable bonds is 4. The van der Waals surface area contributed by atoms with Gasteiger partial charge in [0.05, 0.1) is 11.2 Å². The second kappa shape index (κ2) is 7.16. The summed E-state index contributed by atoms with van der Waals surface area (Å²) in [4.78, 5) is 21.8. The van der Waals surface area contributed by atoms with Crippen molar-refractivity contribution < 1.29 is 13.6 Å². The highest BCUT2D eigenvalue weighted by molar-refractivity contribution is 6.31. The number of nitrogens with one attached hydrogen (secondary N) is 1. The summed E-state index contributed by atoms with van der Waals surface area (Å²) in [6.45, 7) is 4.71. The van der Waals surface area contributed by atoms with Gasteiger partial charge in [-0.1, -0.05) is 24.2 Å². The number of fused-ring (bicyclic) bond motifs is 1. The maximum atomic E-state index is 14.2. The number of halogens is 3. The predicted molar refractivity (Wildman–Crippen MR) is 104 cm³/mol. The number of amides is 1. The summed E-state index contributed by atoms with van der Waals surface area (Å²) in [5, 5.41) is 2.98. The number of aromatic nitrogens is 2. The minimum absolute atomic E-state index is 0.0169. The molecule has 2 aromatic carbocycles. The van der Waals surface area contributed by atoms with Gasteiger partial charge >= 0.3 is 0 Å². The van der Waals surface area contributed by atoms with Crippen molar-refractivity contribution in [1.29, 1.82) is 0 Å². The van der Waals surface area contributed by atoms with E-state index in [1.54, 1.807) is 4.90 Å². The van der Waals surface area contributed by atoms with Crippen molar-refractivity contribution in [2.24, 2.45) is 0 Å². The Bertz CT molecular complexity index is 1100. The Kier molecular flexibility index (Phi) is 4.68. The normalized spacial score (nSPS) is 14.0. The first-order chi connectivity index (χ1) is 13.5. The van der Waals surface area contributed by atoms with E-state index in [1.165, 1.54) is 18.5 Å². The van der Waals surface area contributed by atoms with Crippen LogP contribution in [0.25, 0.3) is 10.9 Å². The van der Waals surface area contributed by atoms with Crippen LogP contribution in [0, 0.1) is 11.6 Å². The first kappa shape index (κ1) is 18.3. The fourth-order valence-electron chi connectivity index (χ4n) is 3.18. The predicted octanol–water partition coefficient (Wildman–Crippen LogP) is 4.42. The Morgan fingerprint density at radius 1 is 1.25 bits per heavy atom. The van der Waals surface area contributed by atoms with Gasteiger partial charge in [-0.05, 0) is 35.9 Å². The number of carbonyl (C=O) groups excluding carboxylic acids is 1. The van der Waals surface area contributed by atoms with Crippen molar-refractivity contribution in [1.82, 2.24) is 14.9 Å². The van der Waals surface area contributed by atoms with Gasteiger partial charge in [0, 0.05) is 24.4 Å². The van der Waals surface area contributed by atoms with E-state index in [-0.39, 0.29) is 17.5 Å². The van der Waals surface area contributed by atoms with Crippen LogP contribution in [0.5, 0.6) is 0 Å². The van der Waals surface area contributed by atoms with Gasteiger partial charge in [-0.3, -0.25) is 4.79 Å². The molecule has 4 rings (SSSR count). The molecule has 28 heavy (non-hydrogen) atoms. The zero-order valence-electron chi connectivity index (χ0n) is 14.6. The monoisotopic (exact) mass is 400 g/mol. The van der Waals surface area contributed by atoms with Crippen LogP contribution >= 0.6 is 11.6 Å². The van der Waals surface area contributed by atoms with Gasteiger partial charge in [0.2, 0.25) is 5.91 Å². The first-order valence-corrected chi connectivity index (χ1v) is 8.92. The Morgan fingerprint density at radius 3 is 2.79 bits per heavy atom.